The molecule has 1 atom stereocenters. The standard InChI is InChI=1S/C14H20N2O3/c1-10-9-16(7-6-15-10)14(17)12-8-11(18-2)4-5-13(12)19-3/h4-5,8,10,15H,6-7,9H2,1-3H3. The zero-order valence-electron chi connectivity index (χ0n) is 11.6. The molecule has 1 amide bonds. The fourth-order valence-electron chi connectivity index (χ4n) is 2.27. The minimum atomic E-state index is -0.0101. The molecular formula is C14H20N2O3. The number of amides is 1. The van der Waals surface area contributed by atoms with Crippen LogP contribution < -0.4 is 14.8 Å². The molecule has 0 bridgehead atoms. The second-order valence-corrected chi connectivity index (χ2v) is 4.67. The lowest BCUT2D eigenvalue weighted by Gasteiger charge is -2.32. The molecule has 1 N–H and O–H groups in total. The molecule has 1 heterocycles. The molecule has 0 spiro atoms. The Labute approximate surface area is 113 Å². The first-order valence-corrected chi connectivity index (χ1v) is 6.40. The highest BCUT2D eigenvalue weighted by Gasteiger charge is 2.24. The summed E-state index contributed by atoms with van der Waals surface area (Å²) in [4.78, 5) is 14.4. The zero-order chi connectivity index (χ0) is 13.8. The van der Waals surface area contributed by atoms with Gasteiger partial charge in [0.25, 0.3) is 5.91 Å². The molecular weight excluding hydrogens is 244 g/mol. The maximum absolute atomic E-state index is 12.6. The van der Waals surface area contributed by atoms with Crippen molar-refractivity contribution in [1.82, 2.24) is 10.2 Å². The average molecular weight is 264 g/mol. The highest BCUT2D eigenvalue weighted by Crippen LogP contribution is 2.25. The summed E-state index contributed by atoms with van der Waals surface area (Å²) in [6.45, 7) is 4.31. The van der Waals surface area contributed by atoms with Gasteiger partial charge in [-0.15, -0.1) is 0 Å². The number of carbonyl (C=O) groups excluding carboxylic acids is 1. The molecule has 1 unspecified atom stereocenters. The van der Waals surface area contributed by atoms with Crippen LogP contribution in [0.1, 0.15) is 17.3 Å². The molecule has 1 aliphatic rings. The molecule has 0 aromatic heterocycles. The minimum absolute atomic E-state index is 0.0101. The Bertz CT molecular complexity index is 462. The van der Waals surface area contributed by atoms with Gasteiger partial charge in [-0.3, -0.25) is 4.79 Å². The third-order valence-electron chi connectivity index (χ3n) is 3.29. The van der Waals surface area contributed by atoms with Gasteiger partial charge >= 0.3 is 0 Å². The molecule has 1 aromatic carbocycles. The Morgan fingerprint density at radius 3 is 2.79 bits per heavy atom. The van der Waals surface area contributed by atoms with Crippen molar-refractivity contribution in [1.29, 1.82) is 0 Å². The number of hydrogen-bond acceptors (Lipinski definition) is 4. The molecule has 1 saturated heterocycles. The quantitative estimate of drug-likeness (QED) is 0.889. The van der Waals surface area contributed by atoms with Crippen LogP contribution in [0.5, 0.6) is 11.5 Å². The number of benzene rings is 1. The van der Waals surface area contributed by atoms with Crippen molar-refractivity contribution >= 4 is 5.91 Å². The Morgan fingerprint density at radius 2 is 2.16 bits per heavy atom. The third-order valence-corrected chi connectivity index (χ3v) is 3.29. The van der Waals surface area contributed by atoms with Crippen LogP contribution >= 0.6 is 0 Å². The molecule has 2 rings (SSSR count). The van der Waals surface area contributed by atoms with Crippen molar-refractivity contribution in [3.63, 3.8) is 0 Å². The van der Waals surface area contributed by atoms with Gasteiger partial charge in [0.15, 0.2) is 0 Å². The second kappa shape index (κ2) is 5.93. The number of nitrogens with zero attached hydrogens (tertiary/aromatic N) is 1. The van der Waals surface area contributed by atoms with Gasteiger partial charge in [-0.1, -0.05) is 0 Å². The van der Waals surface area contributed by atoms with Gasteiger partial charge in [0.1, 0.15) is 11.5 Å². The van der Waals surface area contributed by atoms with Crippen LogP contribution in [-0.4, -0.2) is 50.7 Å². The van der Waals surface area contributed by atoms with Crippen LogP contribution in [0.4, 0.5) is 0 Å². The summed E-state index contributed by atoms with van der Waals surface area (Å²) in [6, 6.07) is 5.59. The molecule has 104 valence electrons. The molecule has 5 nitrogen and oxygen atoms in total. The summed E-state index contributed by atoms with van der Waals surface area (Å²) in [6.07, 6.45) is 0. The number of piperazine rings is 1. The first-order valence-electron chi connectivity index (χ1n) is 6.40. The van der Waals surface area contributed by atoms with Crippen LogP contribution in [0, 0.1) is 0 Å². The van der Waals surface area contributed by atoms with Crippen molar-refractivity contribution in [2.75, 3.05) is 33.9 Å². The van der Waals surface area contributed by atoms with Crippen LogP contribution in [0.3, 0.4) is 0 Å². The van der Waals surface area contributed by atoms with E-state index in [2.05, 4.69) is 12.2 Å². The third kappa shape index (κ3) is 2.98. The SMILES string of the molecule is COc1ccc(OC)c(C(=O)N2CCNC(C)C2)c1. The van der Waals surface area contributed by atoms with Gasteiger partial charge < -0.3 is 19.7 Å². The van der Waals surface area contributed by atoms with Gasteiger partial charge in [-0.25, -0.2) is 0 Å². The van der Waals surface area contributed by atoms with E-state index in [-0.39, 0.29) is 5.91 Å². The maximum atomic E-state index is 12.6. The van der Waals surface area contributed by atoms with E-state index in [9.17, 15) is 4.79 Å². The number of hydrogen-bond donors (Lipinski definition) is 1. The Kier molecular flexibility index (Phi) is 4.27. The minimum Gasteiger partial charge on any atom is -0.497 e. The molecule has 5 heteroatoms. The van der Waals surface area contributed by atoms with Crippen molar-refractivity contribution in [3.05, 3.63) is 23.8 Å². The monoisotopic (exact) mass is 264 g/mol. The Balaban J connectivity index is 2.26. The van der Waals surface area contributed by atoms with Crippen molar-refractivity contribution in [3.8, 4) is 11.5 Å². The fourth-order valence-corrected chi connectivity index (χ4v) is 2.27. The molecule has 19 heavy (non-hydrogen) atoms. The fraction of sp³-hybridized carbons (Fsp3) is 0.500. The predicted octanol–water partition coefficient (Wildman–Crippen LogP) is 1.14. The van der Waals surface area contributed by atoms with E-state index in [4.69, 9.17) is 9.47 Å². The number of ether oxygens (including phenoxy) is 2. The Hall–Kier alpha value is -1.75. The van der Waals surface area contributed by atoms with Crippen molar-refractivity contribution in [2.45, 2.75) is 13.0 Å². The molecule has 0 radical (unpaired) electrons. The van der Waals surface area contributed by atoms with Gasteiger partial charge in [0.2, 0.25) is 0 Å². The number of rotatable bonds is 3. The summed E-state index contributed by atoms with van der Waals surface area (Å²) < 4.78 is 10.4. The second-order valence-electron chi connectivity index (χ2n) is 4.67. The van der Waals surface area contributed by atoms with Crippen LogP contribution in [0.25, 0.3) is 0 Å². The van der Waals surface area contributed by atoms with E-state index in [1.165, 1.54) is 0 Å². The average Bonchev–Trinajstić information content (AvgIpc) is 2.45. The van der Waals surface area contributed by atoms with Crippen LogP contribution in [-0.2, 0) is 0 Å². The normalized spacial score (nSPS) is 19.1. The summed E-state index contributed by atoms with van der Waals surface area (Å²) in [7, 11) is 3.15. The number of nitrogens with one attached hydrogen (secondary N) is 1. The topological polar surface area (TPSA) is 50.8 Å². The van der Waals surface area contributed by atoms with Gasteiger partial charge in [-0.2, -0.15) is 0 Å². The first-order chi connectivity index (χ1) is 9.15. The first kappa shape index (κ1) is 13.7. The molecule has 1 fully saturated rings. The lowest BCUT2D eigenvalue weighted by atomic mass is 10.1. The predicted molar refractivity (Wildman–Crippen MR) is 72.9 cm³/mol. The number of carbonyl (C=O) groups is 1. The summed E-state index contributed by atoms with van der Waals surface area (Å²) in [5.41, 5.74) is 0.552. The summed E-state index contributed by atoms with van der Waals surface area (Å²) in [5.74, 6) is 1.23. The molecule has 0 aliphatic carbocycles. The van der Waals surface area contributed by atoms with E-state index >= 15 is 0 Å². The molecule has 1 aliphatic heterocycles. The van der Waals surface area contributed by atoms with E-state index in [1.54, 1.807) is 32.4 Å². The van der Waals surface area contributed by atoms with Gasteiger partial charge in [0.05, 0.1) is 19.8 Å². The molecule has 0 saturated carbocycles. The lowest BCUT2D eigenvalue weighted by Crippen LogP contribution is -2.51. The summed E-state index contributed by atoms with van der Waals surface area (Å²) >= 11 is 0. The van der Waals surface area contributed by atoms with Crippen LogP contribution in [0.15, 0.2) is 18.2 Å². The van der Waals surface area contributed by atoms with Crippen LogP contribution in [0.2, 0.25) is 0 Å². The van der Waals surface area contributed by atoms with E-state index < -0.39 is 0 Å². The highest BCUT2D eigenvalue weighted by atomic mass is 16.5. The van der Waals surface area contributed by atoms with E-state index in [1.807, 2.05) is 4.90 Å². The van der Waals surface area contributed by atoms with Crippen molar-refractivity contribution < 1.29 is 14.3 Å². The Morgan fingerprint density at radius 1 is 1.37 bits per heavy atom. The number of methoxy groups -OCH3 is 2. The lowest BCUT2D eigenvalue weighted by molar-refractivity contribution is 0.0705. The van der Waals surface area contributed by atoms with Crippen molar-refractivity contribution in [2.24, 2.45) is 0 Å². The summed E-state index contributed by atoms with van der Waals surface area (Å²) in [5, 5.41) is 3.32. The molecule has 1 aromatic rings. The van der Waals surface area contributed by atoms with Gasteiger partial charge in [-0.05, 0) is 25.1 Å². The van der Waals surface area contributed by atoms with E-state index in [0.29, 0.717) is 36.2 Å². The maximum Gasteiger partial charge on any atom is 0.257 e. The van der Waals surface area contributed by atoms with E-state index in [0.717, 1.165) is 6.54 Å². The highest BCUT2D eigenvalue weighted by molar-refractivity contribution is 5.97. The largest absolute Gasteiger partial charge is 0.497 e. The van der Waals surface area contributed by atoms with Gasteiger partial charge in [0, 0.05) is 25.7 Å². The smallest absolute Gasteiger partial charge is 0.257 e. The zero-order valence-corrected chi connectivity index (χ0v) is 11.6.